The first-order chi connectivity index (χ1) is 16.1. The highest BCUT2D eigenvalue weighted by atomic mass is 35.5. The minimum Gasteiger partial charge on any atom is -0.353 e. The monoisotopic (exact) mass is 462 g/mol. The molecule has 4 aromatic rings. The second-order valence-corrected chi connectivity index (χ2v) is 8.05. The predicted octanol–water partition coefficient (Wildman–Crippen LogP) is 4.40. The van der Waals surface area contributed by atoms with Crippen LogP contribution in [0.1, 0.15) is 10.4 Å². The van der Waals surface area contributed by atoms with Crippen LogP contribution in [-0.2, 0) is 0 Å². The largest absolute Gasteiger partial charge is 0.353 e. The molecule has 0 atom stereocenters. The Morgan fingerprint density at radius 2 is 1.61 bits per heavy atom. The molecule has 3 heterocycles. The van der Waals surface area contributed by atoms with E-state index in [2.05, 4.69) is 30.1 Å². The fourth-order valence-electron chi connectivity index (χ4n) is 3.96. The number of benzene rings is 2. The van der Waals surface area contributed by atoms with Crippen molar-refractivity contribution in [3.63, 3.8) is 0 Å². The Bertz CT molecular complexity index is 1310. The van der Waals surface area contributed by atoms with E-state index in [0.717, 1.165) is 54.8 Å². The molecule has 33 heavy (non-hydrogen) atoms. The van der Waals surface area contributed by atoms with E-state index in [1.807, 2.05) is 24.3 Å². The molecule has 1 aliphatic rings. The Morgan fingerprint density at radius 3 is 2.33 bits per heavy atom. The third kappa shape index (κ3) is 4.29. The van der Waals surface area contributed by atoms with Crippen LogP contribution < -0.4 is 15.1 Å². The van der Waals surface area contributed by atoms with Crippen LogP contribution in [-0.4, -0.2) is 47.0 Å². The fourth-order valence-corrected chi connectivity index (χ4v) is 4.18. The van der Waals surface area contributed by atoms with Crippen LogP contribution in [0.3, 0.4) is 0 Å². The van der Waals surface area contributed by atoms with Gasteiger partial charge in [0, 0.05) is 50.2 Å². The summed E-state index contributed by atoms with van der Waals surface area (Å²) in [5.41, 5.74) is 0.765. The van der Waals surface area contributed by atoms with Crippen molar-refractivity contribution in [2.75, 3.05) is 41.3 Å². The van der Waals surface area contributed by atoms with Crippen molar-refractivity contribution in [3.05, 3.63) is 83.5 Å². The van der Waals surface area contributed by atoms with Crippen LogP contribution in [0.15, 0.2) is 67.1 Å². The number of carbonyl (C=O) groups is 1. The summed E-state index contributed by atoms with van der Waals surface area (Å²) in [4.78, 5) is 30.7. The van der Waals surface area contributed by atoms with Crippen LogP contribution in [0, 0.1) is 5.82 Å². The number of hydrogen-bond acceptors (Lipinski definition) is 6. The standard InChI is InChI=1S/C24H20ClFN6O/c25-20-14-16(26)6-7-21(20)30-23(33)19-15-29-22(18-5-2-1-4-17(18)19)31-10-12-32(13-11-31)24-27-8-3-9-28-24/h1-9,14-15H,10-13H2,(H,30,33). The average molecular weight is 463 g/mol. The Kier molecular flexibility index (Phi) is 5.75. The van der Waals surface area contributed by atoms with Gasteiger partial charge in [-0.2, -0.15) is 0 Å². The van der Waals surface area contributed by atoms with Crippen LogP contribution in [0.4, 0.5) is 21.8 Å². The number of nitrogens with one attached hydrogen (secondary N) is 1. The molecule has 7 nitrogen and oxygen atoms in total. The molecule has 2 aromatic carbocycles. The second kappa shape index (κ2) is 8.99. The molecule has 5 rings (SSSR count). The van der Waals surface area contributed by atoms with Gasteiger partial charge in [0.1, 0.15) is 11.6 Å². The van der Waals surface area contributed by atoms with Crippen LogP contribution in [0.25, 0.3) is 10.8 Å². The van der Waals surface area contributed by atoms with E-state index in [-0.39, 0.29) is 10.9 Å². The topological polar surface area (TPSA) is 74.2 Å². The Labute approximate surface area is 194 Å². The predicted molar refractivity (Wildman–Crippen MR) is 128 cm³/mol. The molecule has 166 valence electrons. The summed E-state index contributed by atoms with van der Waals surface area (Å²) < 4.78 is 13.3. The summed E-state index contributed by atoms with van der Waals surface area (Å²) in [5.74, 6) is 0.732. The summed E-state index contributed by atoms with van der Waals surface area (Å²) in [6.45, 7) is 3.05. The normalized spacial score (nSPS) is 13.9. The van der Waals surface area contributed by atoms with Gasteiger partial charge in [0.15, 0.2) is 0 Å². The van der Waals surface area contributed by atoms with E-state index in [4.69, 9.17) is 11.6 Å². The first kappa shape index (κ1) is 21.1. The molecule has 0 saturated carbocycles. The maximum Gasteiger partial charge on any atom is 0.257 e. The lowest BCUT2D eigenvalue weighted by Crippen LogP contribution is -2.47. The van der Waals surface area contributed by atoms with Crippen molar-refractivity contribution in [2.24, 2.45) is 0 Å². The van der Waals surface area contributed by atoms with E-state index in [1.54, 1.807) is 24.7 Å². The van der Waals surface area contributed by atoms with Crippen molar-refractivity contribution in [3.8, 4) is 0 Å². The summed E-state index contributed by atoms with van der Waals surface area (Å²) in [7, 11) is 0. The molecule has 1 fully saturated rings. The van der Waals surface area contributed by atoms with E-state index in [0.29, 0.717) is 11.3 Å². The minimum absolute atomic E-state index is 0.137. The summed E-state index contributed by atoms with van der Waals surface area (Å²) in [6, 6.07) is 13.3. The van der Waals surface area contributed by atoms with Gasteiger partial charge in [0.2, 0.25) is 5.95 Å². The Hall–Kier alpha value is -3.78. The van der Waals surface area contributed by atoms with Crippen LogP contribution in [0.5, 0.6) is 0 Å². The first-order valence-electron chi connectivity index (χ1n) is 10.5. The lowest BCUT2D eigenvalue weighted by atomic mass is 10.1. The Morgan fingerprint density at radius 1 is 0.909 bits per heavy atom. The number of nitrogens with zero attached hydrogens (tertiary/aromatic N) is 5. The van der Waals surface area contributed by atoms with Crippen molar-refractivity contribution in [1.29, 1.82) is 0 Å². The number of pyridine rings is 1. The molecule has 0 radical (unpaired) electrons. The third-order valence-electron chi connectivity index (χ3n) is 5.61. The zero-order valence-electron chi connectivity index (χ0n) is 17.6. The SMILES string of the molecule is O=C(Nc1ccc(F)cc1Cl)c1cnc(N2CCN(c3ncccn3)CC2)c2ccccc12. The van der Waals surface area contributed by atoms with Gasteiger partial charge in [0.05, 0.1) is 16.3 Å². The molecular weight excluding hydrogens is 443 g/mol. The van der Waals surface area contributed by atoms with Gasteiger partial charge in [-0.05, 0) is 29.7 Å². The van der Waals surface area contributed by atoms with Gasteiger partial charge in [-0.1, -0.05) is 35.9 Å². The van der Waals surface area contributed by atoms with Gasteiger partial charge in [-0.15, -0.1) is 0 Å². The first-order valence-corrected chi connectivity index (χ1v) is 10.9. The van der Waals surface area contributed by atoms with Gasteiger partial charge in [0.25, 0.3) is 5.91 Å². The molecule has 1 N–H and O–H groups in total. The number of piperazine rings is 1. The minimum atomic E-state index is -0.464. The number of carbonyl (C=O) groups excluding carboxylic acids is 1. The van der Waals surface area contributed by atoms with Crippen molar-refractivity contribution < 1.29 is 9.18 Å². The number of fused-ring (bicyclic) bond motifs is 1. The van der Waals surface area contributed by atoms with E-state index >= 15 is 0 Å². The number of rotatable bonds is 4. The maximum absolute atomic E-state index is 13.3. The second-order valence-electron chi connectivity index (χ2n) is 7.64. The van der Waals surface area contributed by atoms with Crippen molar-refractivity contribution in [1.82, 2.24) is 15.0 Å². The third-order valence-corrected chi connectivity index (χ3v) is 5.92. The summed E-state index contributed by atoms with van der Waals surface area (Å²) >= 11 is 6.07. The summed E-state index contributed by atoms with van der Waals surface area (Å²) in [5, 5.41) is 4.57. The maximum atomic E-state index is 13.3. The molecule has 0 bridgehead atoms. The van der Waals surface area contributed by atoms with Crippen molar-refractivity contribution in [2.45, 2.75) is 0 Å². The number of anilines is 3. The smallest absolute Gasteiger partial charge is 0.257 e. The lowest BCUT2D eigenvalue weighted by Gasteiger charge is -2.35. The van der Waals surface area contributed by atoms with E-state index in [9.17, 15) is 9.18 Å². The lowest BCUT2D eigenvalue weighted by molar-refractivity contribution is 0.102. The molecule has 2 aromatic heterocycles. The van der Waals surface area contributed by atoms with Gasteiger partial charge < -0.3 is 15.1 Å². The molecule has 9 heteroatoms. The summed E-state index contributed by atoms with van der Waals surface area (Å²) in [6.07, 6.45) is 5.07. The van der Waals surface area contributed by atoms with Gasteiger partial charge in [-0.3, -0.25) is 4.79 Å². The van der Waals surface area contributed by atoms with Gasteiger partial charge >= 0.3 is 0 Å². The van der Waals surface area contributed by atoms with E-state index in [1.165, 1.54) is 12.1 Å². The number of hydrogen-bond donors (Lipinski definition) is 1. The highest BCUT2D eigenvalue weighted by Crippen LogP contribution is 2.30. The molecule has 1 amide bonds. The molecule has 1 aliphatic heterocycles. The fraction of sp³-hybridized carbons (Fsp3) is 0.167. The number of halogens is 2. The highest BCUT2D eigenvalue weighted by molar-refractivity contribution is 6.34. The zero-order chi connectivity index (χ0) is 22.8. The zero-order valence-corrected chi connectivity index (χ0v) is 18.3. The van der Waals surface area contributed by atoms with Crippen LogP contribution >= 0.6 is 11.6 Å². The number of aromatic nitrogens is 3. The van der Waals surface area contributed by atoms with Crippen molar-refractivity contribution >= 4 is 45.7 Å². The Balaban J connectivity index is 1.40. The highest BCUT2D eigenvalue weighted by Gasteiger charge is 2.23. The number of amides is 1. The molecule has 0 aliphatic carbocycles. The average Bonchev–Trinajstić information content (AvgIpc) is 2.86. The quantitative estimate of drug-likeness (QED) is 0.484. The molecule has 0 unspecified atom stereocenters. The molecular formula is C24H20ClFN6O. The van der Waals surface area contributed by atoms with Crippen LogP contribution in [0.2, 0.25) is 5.02 Å². The molecule has 0 spiro atoms. The van der Waals surface area contributed by atoms with Gasteiger partial charge in [-0.25, -0.2) is 19.3 Å². The van der Waals surface area contributed by atoms with E-state index < -0.39 is 5.82 Å². The molecule has 1 saturated heterocycles.